The van der Waals surface area contributed by atoms with Gasteiger partial charge in [0.05, 0.1) is 5.52 Å². The van der Waals surface area contributed by atoms with Gasteiger partial charge in [0.2, 0.25) is 0 Å². The van der Waals surface area contributed by atoms with Gasteiger partial charge >= 0.3 is 0 Å². The molecule has 21 heavy (non-hydrogen) atoms. The summed E-state index contributed by atoms with van der Waals surface area (Å²) in [6, 6.07) is 16.9. The Morgan fingerprint density at radius 3 is 2.43 bits per heavy atom. The zero-order valence-electron chi connectivity index (χ0n) is 12.8. The van der Waals surface area contributed by atoms with Gasteiger partial charge in [-0.05, 0) is 49.6 Å². The Morgan fingerprint density at radius 2 is 1.67 bits per heavy atom. The summed E-state index contributed by atoms with van der Waals surface area (Å²) < 4.78 is 0. The highest BCUT2D eigenvalue weighted by molar-refractivity contribution is 5.87. The van der Waals surface area contributed by atoms with Gasteiger partial charge < -0.3 is 5.32 Å². The lowest BCUT2D eigenvalue weighted by Gasteiger charge is -2.11. The fourth-order valence-corrected chi connectivity index (χ4v) is 2.72. The predicted octanol–water partition coefficient (Wildman–Crippen LogP) is 4.77. The standard InChI is InChI=1S/C19H20N2/c1-13-9-15(3)19-17(10-13)14(2)11-18(21-19)20-12-16-7-5-4-6-8-16/h4-11H,12H2,1-3H3,(H,20,21). The highest BCUT2D eigenvalue weighted by Gasteiger charge is 2.06. The molecule has 0 saturated carbocycles. The number of fused-ring (bicyclic) bond motifs is 1. The number of rotatable bonds is 3. The molecule has 2 nitrogen and oxygen atoms in total. The lowest BCUT2D eigenvalue weighted by Crippen LogP contribution is -2.02. The highest BCUT2D eigenvalue weighted by atomic mass is 15.0. The molecular formula is C19H20N2. The van der Waals surface area contributed by atoms with E-state index in [2.05, 4.69) is 68.6 Å². The third-order valence-corrected chi connectivity index (χ3v) is 3.77. The van der Waals surface area contributed by atoms with Crippen molar-refractivity contribution in [2.75, 3.05) is 5.32 Å². The Labute approximate surface area is 125 Å². The minimum atomic E-state index is 0.795. The Balaban J connectivity index is 1.93. The van der Waals surface area contributed by atoms with Gasteiger partial charge in [-0.2, -0.15) is 0 Å². The molecule has 1 N–H and O–H groups in total. The third kappa shape index (κ3) is 2.89. The van der Waals surface area contributed by atoms with Gasteiger partial charge in [-0.25, -0.2) is 4.98 Å². The van der Waals surface area contributed by atoms with Gasteiger partial charge in [-0.3, -0.25) is 0 Å². The van der Waals surface area contributed by atoms with E-state index in [1.165, 1.54) is 27.6 Å². The van der Waals surface area contributed by atoms with Crippen molar-refractivity contribution in [2.24, 2.45) is 0 Å². The average molecular weight is 276 g/mol. The number of hydrogen-bond acceptors (Lipinski definition) is 2. The van der Waals surface area contributed by atoms with Crippen molar-refractivity contribution in [2.45, 2.75) is 27.3 Å². The fraction of sp³-hybridized carbons (Fsp3) is 0.211. The molecule has 0 aliphatic rings. The summed E-state index contributed by atoms with van der Waals surface area (Å²) >= 11 is 0. The highest BCUT2D eigenvalue weighted by Crippen LogP contribution is 2.24. The maximum absolute atomic E-state index is 4.78. The summed E-state index contributed by atoms with van der Waals surface area (Å²) in [6.07, 6.45) is 0. The SMILES string of the molecule is Cc1cc(C)c2nc(NCc3ccccc3)cc(C)c2c1. The molecule has 1 aromatic heterocycles. The van der Waals surface area contributed by atoms with Crippen LogP contribution in [-0.4, -0.2) is 4.98 Å². The topological polar surface area (TPSA) is 24.9 Å². The van der Waals surface area contributed by atoms with Crippen LogP contribution in [0.5, 0.6) is 0 Å². The Morgan fingerprint density at radius 1 is 0.905 bits per heavy atom. The van der Waals surface area contributed by atoms with Gasteiger partial charge in [0.15, 0.2) is 0 Å². The molecule has 0 saturated heterocycles. The molecule has 0 radical (unpaired) electrons. The molecule has 2 heteroatoms. The summed E-state index contributed by atoms with van der Waals surface area (Å²) in [4.78, 5) is 4.78. The third-order valence-electron chi connectivity index (χ3n) is 3.77. The average Bonchev–Trinajstić information content (AvgIpc) is 2.47. The van der Waals surface area contributed by atoms with Crippen molar-refractivity contribution in [1.29, 1.82) is 0 Å². The summed E-state index contributed by atoms with van der Waals surface area (Å²) in [6.45, 7) is 7.20. The Bertz CT molecular complexity index is 776. The molecule has 3 rings (SSSR count). The molecule has 0 fully saturated rings. The number of anilines is 1. The predicted molar refractivity (Wildman–Crippen MR) is 89.7 cm³/mol. The molecular weight excluding hydrogens is 256 g/mol. The fourth-order valence-electron chi connectivity index (χ4n) is 2.72. The van der Waals surface area contributed by atoms with E-state index in [-0.39, 0.29) is 0 Å². The molecule has 0 atom stereocenters. The quantitative estimate of drug-likeness (QED) is 0.745. The van der Waals surface area contributed by atoms with Gasteiger partial charge in [0.25, 0.3) is 0 Å². The van der Waals surface area contributed by atoms with E-state index in [0.717, 1.165) is 17.9 Å². The van der Waals surface area contributed by atoms with Crippen molar-refractivity contribution < 1.29 is 0 Å². The van der Waals surface area contributed by atoms with Crippen molar-refractivity contribution in [3.63, 3.8) is 0 Å². The summed E-state index contributed by atoms with van der Waals surface area (Å²) in [5.74, 6) is 0.941. The smallest absolute Gasteiger partial charge is 0.127 e. The van der Waals surface area contributed by atoms with E-state index >= 15 is 0 Å². The first-order valence-electron chi connectivity index (χ1n) is 7.30. The summed E-state index contributed by atoms with van der Waals surface area (Å²) in [5, 5.41) is 4.67. The lowest BCUT2D eigenvalue weighted by molar-refractivity contribution is 1.12. The summed E-state index contributed by atoms with van der Waals surface area (Å²) in [5.41, 5.74) is 6.14. The van der Waals surface area contributed by atoms with Crippen molar-refractivity contribution >= 4 is 16.7 Å². The van der Waals surface area contributed by atoms with Crippen LogP contribution in [-0.2, 0) is 6.54 Å². The van der Waals surface area contributed by atoms with Gasteiger partial charge in [-0.1, -0.05) is 42.0 Å². The summed E-state index contributed by atoms with van der Waals surface area (Å²) in [7, 11) is 0. The molecule has 1 heterocycles. The van der Waals surface area contributed by atoms with Crippen LogP contribution in [0.15, 0.2) is 48.5 Å². The molecule has 0 amide bonds. The van der Waals surface area contributed by atoms with E-state index in [4.69, 9.17) is 4.98 Å². The van der Waals surface area contributed by atoms with Crippen LogP contribution in [0.2, 0.25) is 0 Å². The lowest BCUT2D eigenvalue weighted by atomic mass is 10.0. The molecule has 0 spiro atoms. The zero-order valence-corrected chi connectivity index (χ0v) is 12.8. The van der Waals surface area contributed by atoms with E-state index < -0.39 is 0 Å². The molecule has 2 aromatic carbocycles. The largest absolute Gasteiger partial charge is 0.366 e. The van der Waals surface area contributed by atoms with Crippen molar-refractivity contribution in [3.8, 4) is 0 Å². The molecule has 0 unspecified atom stereocenters. The number of nitrogens with one attached hydrogen (secondary N) is 1. The maximum atomic E-state index is 4.78. The van der Waals surface area contributed by atoms with Gasteiger partial charge in [0, 0.05) is 11.9 Å². The van der Waals surface area contributed by atoms with Crippen LogP contribution >= 0.6 is 0 Å². The van der Waals surface area contributed by atoms with Crippen molar-refractivity contribution in [3.05, 3.63) is 70.8 Å². The molecule has 3 aromatic rings. The minimum absolute atomic E-state index is 0.795. The van der Waals surface area contributed by atoms with Crippen LogP contribution in [0.25, 0.3) is 10.9 Å². The first-order valence-corrected chi connectivity index (χ1v) is 7.30. The Hall–Kier alpha value is -2.35. The number of nitrogens with zero attached hydrogens (tertiary/aromatic N) is 1. The Kier molecular flexibility index (Phi) is 3.61. The number of hydrogen-bond donors (Lipinski definition) is 1. The zero-order chi connectivity index (χ0) is 14.8. The van der Waals surface area contributed by atoms with Crippen LogP contribution in [0.4, 0.5) is 5.82 Å². The van der Waals surface area contributed by atoms with E-state index in [9.17, 15) is 0 Å². The normalized spacial score (nSPS) is 10.8. The second kappa shape index (κ2) is 5.57. The first-order chi connectivity index (χ1) is 10.1. The second-order valence-electron chi connectivity index (χ2n) is 5.64. The van der Waals surface area contributed by atoms with Crippen molar-refractivity contribution in [1.82, 2.24) is 4.98 Å². The van der Waals surface area contributed by atoms with E-state index in [1.54, 1.807) is 0 Å². The van der Waals surface area contributed by atoms with E-state index in [0.29, 0.717) is 0 Å². The molecule has 0 aliphatic carbocycles. The molecule has 0 bridgehead atoms. The second-order valence-corrected chi connectivity index (χ2v) is 5.64. The van der Waals surface area contributed by atoms with Crippen LogP contribution in [0.3, 0.4) is 0 Å². The van der Waals surface area contributed by atoms with Crippen LogP contribution in [0.1, 0.15) is 22.3 Å². The monoisotopic (exact) mass is 276 g/mol. The van der Waals surface area contributed by atoms with E-state index in [1.807, 2.05) is 6.07 Å². The number of aromatic nitrogens is 1. The first kappa shape index (κ1) is 13.6. The molecule has 0 aliphatic heterocycles. The van der Waals surface area contributed by atoms with Crippen LogP contribution < -0.4 is 5.32 Å². The number of benzene rings is 2. The molecule has 106 valence electrons. The minimum Gasteiger partial charge on any atom is -0.366 e. The van der Waals surface area contributed by atoms with Gasteiger partial charge in [-0.15, -0.1) is 0 Å². The number of pyridine rings is 1. The maximum Gasteiger partial charge on any atom is 0.127 e. The van der Waals surface area contributed by atoms with Gasteiger partial charge in [0.1, 0.15) is 5.82 Å². The van der Waals surface area contributed by atoms with Crippen LogP contribution in [0, 0.1) is 20.8 Å². The number of aryl methyl sites for hydroxylation is 3.